The van der Waals surface area contributed by atoms with Gasteiger partial charge in [0.15, 0.2) is 0 Å². The fraction of sp³-hybridized carbons (Fsp3) is 0.879. The van der Waals surface area contributed by atoms with Crippen LogP contribution in [-0.4, -0.2) is 36.9 Å². The van der Waals surface area contributed by atoms with E-state index in [-0.39, 0.29) is 36.3 Å². The molecule has 5 nitrogen and oxygen atoms in total. The molecule has 1 N–H and O–H groups in total. The zero-order chi connectivity index (χ0) is 27.9. The molecule has 2 unspecified atom stereocenters. The standard InChI is InChI=1S/C33H58O5/c1-6-7-8-9-26-10-14-30(15-11-26)31-16-12-27(13-17-31)20-29(23-38-33(36)25(4)5)21-28(22-34)18-19-37-32(35)24(2)3/h24,26-31,34H,4,6-23H2,1-3,5H3. The molecule has 2 fully saturated rings. The first-order chi connectivity index (χ1) is 18.2. The van der Waals surface area contributed by atoms with Crippen molar-refractivity contribution in [3.05, 3.63) is 12.2 Å². The summed E-state index contributed by atoms with van der Waals surface area (Å²) >= 11 is 0. The van der Waals surface area contributed by atoms with Crippen LogP contribution < -0.4 is 0 Å². The van der Waals surface area contributed by atoms with Gasteiger partial charge < -0.3 is 14.6 Å². The van der Waals surface area contributed by atoms with Crippen LogP contribution in [-0.2, 0) is 19.1 Å². The molecule has 0 amide bonds. The summed E-state index contributed by atoms with van der Waals surface area (Å²) in [7, 11) is 0. The summed E-state index contributed by atoms with van der Waals surface area (Å²) in [6.45, 7) is 12.1. The van der Waals surface area contributed by atoms with Crippen LogP contribution in [0.4, 0.5) is 0 Å². The van der Waals surface area contributed by atoms with Crippen LogP contribution in [0.5, 0.6) is 0 Å². The van der Waals surface area contributed by atoms with Crippen LogP contribution in [0.3, 0.4) is 0 Å². The molecule has 0 saturated heterocycles. The average molecular weight is 535 g/mol. The Hall–Kier alpha value is -1.36. The fourth-order valence-corrected chi connectivity index (χ4v) is 6.80. The Balaban J connectivity index is 1.82. The van der Waals surface area contributed by atoms with Gasteiger partial charge in [-0.15, -0.1) is 0 Å². The molecule has 2 rings (SSSR count). The molecule has 0 heterocycles. The maximum absolute atomic E-state index is 12.1. The Kier molecular flexibility index (Phi) is 15.6. The van der Waals surface area contributed by atoms with Crippen LogP contribution in [0.2, 0.25) is 0 Å². The summed E-state index contributed by atoms with van der Waals surface area (Å²) in [4.78, 5) is 23.9. The Bertz CT molecular complexity index is 685. The summed E-state index contributed by atoms with van der Waals surface area (Å²) in [6, 6.07) is 0. The predicted octanol–water partition coefficient (Wildman–Crippen LogP) is 7.89. The molecule has 220 valence electrons. The van der Waals surface area contributed by atoms with Crippen molar-refractivity contribution in [2.24, 2.45) is 41.4 Å². The first kappa shape index (κ1) is 32.8. The molecule has 0 radical (unpaired) electrons. The number of esters is 2. The second-order valence-electron chi connectivity index (χ2n) is 12.9. The molecule has 0 aliphatic heterocycles. The van der Waals surface area contributed by atoms with E-state index in [9.17, 15) is 14.7 Å². The lowest BCUT2D eigenvalue weighted by Crippen LogP contribution is -2.28. The predicted molar refractivity (Wildman–Crippen MR) is 155 cm³/mol. The van der Waals surface area contributed by atoms with Crippen LogP contribution in [0, 0.1) is 41.4 Å². The van der Waals surface area contributed by atoms with E-state index in [0.717, 1.165) is 30.6 Å². The molecule has 0 spiro atoms. The summed E-state index contributed by atoms with van der Waals surface area (Å²) in [6.07, 6.45) is 19.0. The van der Waals surface area contributed by atoms with Gasteiger partial charge in [-0.25, -0.2) is 4.79 Å². The van der Waals surface area contributed by atoms with Gasteiger partial charge in [0.05, 0.1) is 19.1 Å². The number of ether oxygens (including phenoxy) is 2. The number of aliphatic hydroxyl groups is 1. The van der Waals surface area contributed by atoms with E-state index in [2.05, 4.69) is 13.5 Å². The van der Waals surface area contributed by atoms with Crippen molar-refractivity contribution < 1.29 is 24.2 Å². The van der Waals surface area contributed by atoms with Gasteiger partial charge in [-0.3, -0.25) is 4.79 Å². The van der Waals surface area contributed by atoms with Gasteiger partial charge in [-0.05, 0) is 87.4 Å². The highest BCUT2D eigenvalue weighted by Gasteiger charge is 2.32. The SMILES string of the molecule is C=C(C)C(=O)OCC(CC(CO)CCOC(=O)C(C)C)CC1CCC(C2CCC(CCCCC)CC2)CC1. The van der Waals surface area contributed by atoms with E-state index in [1.165, 1.54) is 77.0 Å². The zero-order valence-corrected chi connectivity index (χ0v) is 25.1. The van der Waals surface area contributed by atoms with Crippen LogP contribution in [0.15, 0.2) is 12.2 Å². The minimum Gasteiger partial charge on any atom is -0.465 e. The van der Waals surface area contributed by atoms with Crippen molar-refractivity contribution in [2.75, 3.05) is 19.8 Å². The normalized spacial score (nSPS) is 25.5. The highest BCUT2D eigenvalue weighted by molar-refractivity contribution is 5.86. The quantitative estimate of drug-likeness (QED) is 0.117. The molecular weight excluding hydrogens is 476 g/mol. The number of carbonyl (C=O) groups is 2. The number of unbranched alkanes of at least 4 members (excludes halogenated alkanes) is 2. The molecule has 0 aromatic rings. The minimum atomic E-state index is -0.338. The minimum absolute atomic E-state index is 0.0346. The highest BCUT2D eigenvalue weighted by Crippen LogP contribution is 2.43. The monoisotopic (exact) mass is 534 g/mol. The Morgan fingerprint density at radius 3 is 2.03 bits per heavy atom. The van der Waals surface area contributed by atoms with Gasteiger partial charge in [0.2, 0.25) is 0 Å². The molecule has 0 bridgehead atoms. The topological polar surface area (TPSA) is 72.8 Å². The molecule has 2 saturated carbocycles. The first-order valence-electron chi connectivity index (χ1n) is 15.8. The number of carbonyl (C=O) groups excluding carboxylic acids is 2. The van der Waals surface area contributed by atoms with Crippen LogP contribution >= 0.6 is 0 Å². The lowest BCUT2D eigenvalue weighted by Gasteiger charge is -2.38. The van der Waals surface area contributed by atoms with Crippen molar-refractivity contribution >= 4 is 11.9 Å². The van der Waals surface area contributed by atoms with Crippen molar-refractivity contribution in [3.63, 3.8) is 0 Å². The zero-order valence-electron chi connectivity index (χ0n) is 25.1. The first-order valence-corrected chi connectivity index (χ1v) is 15.8. The van der Waals surface area contributed by atoms with Crippen LogP contribution in [0.1, 0.15) is 124 Å². The smallest absolute Gasteiger partial charge is 0.333 e. The number of hydrogen-bond acceptors (Lipinski definition) is 5. The third-order valence-corrected chi connectivity index (χ3v) is 9.30. The van der Waals surface area contributed by atoms with Crippen molar-refractivity contribution in [3.8, 4) is 0 Å². The van der Waals surface area contributed by atoms with Gasteiger partial charge in [-0.2, -0.15) is 0 Å². The molecule has 0 aromatic heterocycles. The lowest BCUT2D eigenvalue weighted by molar-refractivity contribution is -0.148. The Labute approximate surface area is 233 Å². The highest BCUT2D eigenvalue weighted by atomic mass is 16.5. The van der Waals surface area contributed by atoms with Gasteiger partial charge in [0.25, 0.3) is 0 Å². The van der Waals surface area contributed by atoms with Crippen molar-refractivity contribution in [1.82, 2.24) is 0 Å². The Morgan fingerprint density at radius 2 is 1.50 bits per heavy atom. The summed E-state index contributed by atoms with van der Waals surface area (Å²) in [5, 5.41) is 10.0. The van der Waals surface area contributed by atoms with Crippen molar-refractivity contribution in [1.29, 1.82) is 0 Å². The molecule has 2 aliphatic rings. The average Bonchev–Trinajstić information content (AvgIpc) is 2.91. The number of aliphatic hydroxyl groups excluding tert-OH is 1. The molecule has 5 heteroatoms. The van der Waals surface area contributed by atoms with Gasteiger partial charge >= 0.3 is 11.9 Å². The molecule has 0 aromatic carbocycles. The van der Waals surface area contributed by atoms with E-state index < -0.39 is 0 Å². The fourth-order valence-electron chi connectivity index (χ4n) is 6.80. The maximum atomic E-state index is 12.1. The van der Waals surface area contributed by atoms with E-state index in [1.807, 2.05) is 13.8 Å². The van der Waals surface area contributed by atoms with E-state index in [4.69, 9.17) is 9.47 Å². The second-order valence-corrected chi connectivity index (χ2v) is 12.9. The second kappa shape index (κ2) is 18.1. The maximum Gasteiger partial charge on any atom is 0.333 e. The lowest BCUT2D eigenvalue weighted by atomic mass is 9.67. The summed E-state index contributed by atoms with van der Waals surface area (Å²) in [5.41, 5.74) is 0.420. The van der Waals surface area contributed by atoms with Gasteiger partial charge in [0.1, 0.15) is 0 Å². The van der Waals surface area contributed by atoms with Gasteiger partial charge in [0, 0.05) is 12.2 Å². The van der Waals surface area contributed by atoms with E-state index >= 15 is 0 Å². The number of hydrogen-bond donors (Lipinski definition) is 1. The largest absolute Gasteiger partial charge is 0.465 e. The molecular formula is C33H58O5. The Morgan fingerprint density at radius 1 is 0.895 bits per heavy atom. The molecule has 2 atom stereocenters. The molecule has 38 heavy (non-hydrogen) atoms. The number of rotatable bonds is 17. The van der Waals surface area contributed by atoms with Gasteiger partial charge in [-0.1, -0.05) is 78.7 Å². The third kappa shape index (κ3) is 12.2. The molecule has 2 aliphatic carbocycles. The summed E-state index contributed by atoms with van der Waals surface area (Å²) < 4.78 is 10.9. The van der Waals surface area contributed by atoms with E-state index in [0.29, 0.717) is 31.1 Å². The summed E-state index contributed by atoms with van der Waals surface area (Å²) in [5.74, 6) is 3.01. The van der Waals surface area contributed by atoms with E-state index in [1.54, 1.807) is 6.92 Å². The van der Waals surface area contributed by atoms with Crippen LogP contribution in [0.25, 0.3) is 0 Å². The van der Waals surface area contributed by atoms with Crippen molar-refractivity contribution in [2.45, 2.75) is 124 Å². The third-order valence-electron chi connectivity index (χ3n) is 9.30.